The minimum atomic E-state index is -1.04. The fourth-order valence-electron chi connectivity index (χ4n) is 0.955. The normalized spacial score (nSPS) is 10.5. The van der Waals surface area contributed by atoms with Crippen LogP contribution in [0.2, 0.25) is 0 Å². The maximum Gasteiger partial charge on any atom is 0.337 e. The van der Waals surface area contributed by atoms with Gasteiger partial charge in [-0.25, -0.2) is 9.78 Å². The van der Waals surface area contributed by atoms with Crippen LogP contribution in [0, 0.1) is 4.84 Å². The van der Waals surface area contributed by atoms with Gasteiger partial charge >= 0.3 is 5.97 Å². The van der Waals surface area contributed by atoms with E-state index >= 15 is 0 Å². The Morgan fingerprint density at radius 3 is 3.15 bits per heavy atom. The number of carboxylic acid groups (broad SMARTS) is 1. The topological polar surface area (TPSA) is 79.1 Å². The lowest BCUT2D eigenvalue weighted by Gasteiger charge is -1.90. The summed E-state index contributed by atoms with van der Waals surface area (Å²) in [6, 6.07) is 1.37. The van der Waals surface area contributed by atoms with Crippen molar-refractivity contribution >= 4 is 29.4 Å². The second-order valence-corrected chi connectivity index (χ2v) is 2.76. The number of rotatable bonds is 1. The number of nitrogens with zero attached hydrogens (tertiary/aromatic N) is 1. The van der Waals surface area contributed by atoms with Crippen molar-refractivity contribution in [1.82, 2.24) is 9.97 Å². The molecule has 2 aromatic rings. The smallest absolute Gasteiger partial charge is 0.337 e. The highest BCUT2D eigenvalue weighted by Crippen LogP contribution is 2.12. The molecule has 0 amide bonds. The quantitative estimate of drug-likeness (QED) is 0.677. The van der Waals surface area contributed by atoms with Crippen LogP contribution in [0.4, 0.5) is 0 Å². The van der Waals surface area contributed by atoms with Gasteiger partial charge in [-0.1, -0.05) is 0 Å². The lowest BCUT2D eigenvalue weighted by molar-refractivity contribution is 0.0696. The van der Waals surface area contributed by atoms with Gasteiger partial charge in [0.1, 0.15) is 0 Å². The van der Waals surface area contributed by atoms with Gasteiger partial charge in [0.15, 0.2) is 11.2 Å². The molecule has 0 spiro atoms. The van der Waals surface area contributed by atoms with Crippen LogP contribution in [0.5, 0.6) is 0 Å². The molecule has 0 saturated carbocycles. The fourth-order valence-corrected chi connectivity index (χ4v) is 1.14. The molecule has 2 aromatic heterocycles. The van der Waals surface area contributed by atoms with Gasteiger partial charge in [-0.3, -0.25) is 4.98 Å². The maximum absolute atomic E-state index is 10.5. The second-order valence-electron chi connectivity index (χ2n) is 2.39. The number of pyridine rings is 1. The molecule has 5 nitrogen and oxygen atoms in total. The molecule has 0 aromatic carbocycles. The van der Waals surface area contributed by atoms with Gasteiger partial charge in [0.05, 0.1) is 5.56 Å². The number of carbonyl (C=O) groups is 1. The Kier molecular flexibility index (Phi) is 1.63. The highest BCUT2D eigenvalue weighted by atomic mass is 32.1. The maximum atomic E-state index is 10.5. The van der Waals surface area contributed by atoms with E-state index in [4.69, 9.17) is 21.7 Å². The summed E-state index contributed by atoms with van der Waals surface area (Å²) < 4.78 is 4.99. The summed E-state index contributed by atoms with van der Waals surface area (Å²) >= 11 is 4.71. The number of fused-ring (bicyclic) bond motifs is 1. The molecule has 0 bridgehead atoms. The molecule has 0 aliphatic carbocycles. The predicted octanol–water partition coefficient (Wildman–Crippen LogP) is 1.58. The first-order valence-corrected chi connectivity index (χ1v) is 3.80. The summed E-state index contributed by atoms with van der Waals surface area (Å²) in [6.07, 6.45) is 1.24. The Morgan fingerprint density at radius 2 is 2.46 bits per heavy atom. The standard InChI is InChI=1S/C7H4N2O3S/c10-6(11)3-1-4-5(8-2-3)9-7(13)12-4/h1-2H,(H,10,11)(H,8,9,13). The Morgan fingerprint density at radius 1 is 1.69 bits per heavy atom. The van der Waals surface area contributed by atoms with Gasteiger partial charge in [0, 0.05) is 12.3 Å². The van der Waals surface area contributed by atoms with Gasteiger partial charge in [0.2, 0.25) is 0 Å². The van der Waals surface area contributed by atoms with E-state index in [-0.39, 0.29) is 10.4 Å². The molecular weight excluding hydrogens is 192 g/mol. The Balaban J connectivity index is 2.74. The number of aromatic nitrogens is 2. The SMILES string of the molecule is O=C(O)c1cnc2[nH]c(=S)oc2c1. The van der Waals surface area contributed by atoms with Crippen LogP contribution in [-0.2, 0) is 0 Å². The van der Waals surface area contributed by atoms with Gasteiger partial charge in [-0.05, 0) is 12.2 Å². The molecule has 2 N–H and O–H groups in total. The predicted molar refractivity (Wildman–Crippen MR) is 46.2 cm³/mol. The molecule has 0 fully saturated rings. The van der Waals surface area contributed by atoms with Gasteiger partial charge in [-0.2, -0.15) is 0 Å². The molecule has 2 heterocycles. The number of H-pyrrole nitrogens is 1. The highest BCUT2D eigenvalue weighted by molar-refractivity contribution is 7.71. The van der Waals surface area contributed by atoms with Crippen molar-refractivity contribution in [1.29, 1.82) is 0 Å². The van der Waals surface area contributed by atoms with Crippen LogP contribution in [0.3, 0.4) is 0 Å². The fraction of sp³-hybridized carbons (Fsp3) is 0. The molecule has 0 aliphatic rings. The first kappa shape index (κ1) is 7.93. The van der Waals surface area contributed by atoms with E-state index in [0.717, 1.165) is 0 Å². The van der Waals surface area contributed by atoms with E-state index in [1.54, 1.807) is 0 Å². The number of carboxylic acids is 1. The number of hydrogen-bond acceptors (Lipinski definition) is 4. The molecule has 66 valence electrons. The average molecular weight is 196 g/mol. The molecule has 6 heteroatoms. The van der Waals surface area contributed by atoms with E-state index in [1.165, 1.54) is 12.3 Å². The van der Waals surface area contributed by atoms with Crippen LogP contribution >= 0.6 is 12.2 Å². The van der Waals surface area contributed by atoms with E-state index in [2.05, 4.69) is 9.97 Å². The number of hydrogen-bond donors (Lipinski definition) is 2. The third kappa shape index (κ3) is 1.31. The zero-order valence-electron chi connectivity index (χ0n) is 6.27. The third-order valence-corrected chi connectivity index (χ3v) is 1.71. The highest BCUT2D eigenvalue weighted by Gasteiger charge is 2.06. The van der Waals surface area contributed by atoms with Crippen molar-refractivity contribution < 1.29 is 14.3 Å². The molecule has 13 heavy (non-hydrogen) atoms. The summed E-state index contributed by atoms with van der Waals surface area (Å²) in [4.78, 5) is 17.2. The van der Waals surface area contributed by atoms with Gasteiger partial charge < -0.3 is 9.52 Å². The molecule has 0 unspecified atom stereocenters. The monoisotopic (exact) mass is 196 g/mol. The van der Waals surface area contributed by atoms with Crippen molar-refractivity contribution in [3.63, 3.8) is 0 Å². The lowest BCUT2D eigenvalue weighted by atomic mass is 10.3. The van der Waals surface area contributed by atoms with Crippen molar-refractivity contribution in [2.45, 2.75) is 0 Å². The van der Waals surface area contributed by atoms with E-state index in [0.29, 0.717) is 11.2 Å². The first-order chi connectivity index (χ1) is 6.16. The Bertz CT molecular complexity index is 528. The van der Waals surface area contributed by atoms with Crippen LogP contribution in [0.1, 0.15) is 10.4 Å². The van der Waals surface area contributed by atoms with Crippen LogP contribution in [0.15, 0.2) is 16.7 Å². The largest absolute Gasteiger partial charge is 0.478 e. The van der Waals surface area contributed by atoms with Gasteiger partial charge in [0.25, 0.3) is 4.84 Å². The molecule has 0 atom stereocenters. The molecule has 0 saturated heterocycles. The minimum absolute atomic E-state index is 0.0743. The summed E-state index contributed by atoms with van der Waals surface area (Å²) in [5, 5.41) is 8.63. The number of aromatic carboxylic acids is 1. The molecular formula is C7H4N2O3S. The van der Waals surface area contributed by atoms with Crippen molar-refractivity contribution in [2.75, 3.05) is 0 Å². The van der Waals surface area contributed by atoms with E-state index in [1.807, 2.05) is 0 Å². The molecule has 0 aliphatic heterocycles. The minimum Gasteiger partial charge on any atom is -0.478 e. The van der Waals surface area contributed by atoms with E-state index in [9.17, 15) is 4.79 Å². The molecule has 2 rings (SSSR count). The van der Waals surface area contributed by atoms with E-state index < -0.39 is 5.97 Å². The van der Waals surface area contributed by atoms with Crippen LogP contribution < -0.4 is 0 Å². The summed E-state index contributed by atoms with van der Waals surface area (Å²) in [7, 11) is 0. The summed E-state index contributed by atoms with van der Waals surface area (Å²) in [5.74, 6) is -1.04. The third-order valence-electron chi connectivity index (χ3n) is 1.52. The average Bonchev–Trinajstić information content (AvgIpc) is 2.42. The lowest BCUT2D eigenvalue weighted by Crippen LogP contribution is -1.96. The second kappa shape index (κ2) is 2.67. The van der Waals surface area contributed by atoms with Crippen molar-refractivity contribution in [2.24, 2.45) is 0 Å². The number of nitrogens with one attached hydrogen (secondary N) is 1. The van der Waals surface area contributed by atoms with Gasteiger partial charge in [-0.15, -0.1) is 0 Å². The number of aromatic amines is 1. The van der Waals surface area contributed by atoms with Crippen molar-refractivity contribution in [3.05, 3.63) is 22.7 Å². The summed E-state index contributed by atoms with van der Waals surface area (Å²) in [5.41, 5.74) is 0.880. The van der Waals surface area contributed by atoms with Crippen molar-refractivity contribution in [3.8, 4) is 0 Å². The Hall–Kier alpha value is -1.69. The number of oxazole rings is 1. The zero-order chi connectivity index (χ0) is 9.42. The molecule has 0 radical (unpaired) electrons. The van der Waals surface area contributed by atoms with Crippen LogP contribution in [-0.4, -0.2) is 21.0 Å². The summed E-state index contributed by atoms with van der Waals surface area (Å²) in [6.45, 7) is 0. The van der Waals surface area contributed by atoms with Crippen LogP contribution in [0.25, 0.3) is 11.2 Å². The Labute approximate surface area is 77.0 Å². The first-order valence-electron chi connectivity index (χ1n) is 3.39. The zero-order valence-corrected chi connectivity index (χ0v) is 7.09.